The van der Waals surface area contributed by atoms with Crippen molar-refractivity contribution in [2.75, 3.05) is 20.2 Å². The van der Waals surface area contributed by atoms with Crippen LogP contribution in [-0.4, -0.2) is 43.0 Å². The predicted octanol–water partition coefficient (Wildman–Crippen LogP) is 0.481. The highest BCUT2D eigenvalue weighted by Gasteiger charge is 2.18. The lowest BCUT2D eigenvalue weighted by Crippen LogP contribution is -2.42. The summed E-state index contributed by atoms with van der Waals surface area (Å²) in [5.74, 6) is 0. The number of hydrogen-bond donors (Lipinski definition) is 3. The van der Waals surface area contributed by atoms with E-state index in [2.05, 4.69) is 10.6 Å². The highest BCUT2D eigenvalue weighted by Crippen LogP contribution is 2.06. The number of carbonyl (C=O) groups excluding carboxylic acids is 1. The van der Waals surface area contributed by atoms with Crippen LogP contribution in [-0.2, 0) is 4.74 Å². The quantitative estimate of drug-likeness (QED) is 0.628. The molecule has 0 aliphatic heterocycles. The maximum atomic E-state index is 11.3. The summed E-state index contributed by atoms with van der Waals surface area (Å²) >= 11 is 0. The smallest absolute Gasteiger partial charge is 0.407 e. The molecule has 0 aromatic heterocycles. The third kappa shape index (κ3) is 8.20. The summed E-state index contributed by atoms with van der Waals surface area (Å²) in [6.07, 6.45) is 0.185. The third-order valence-electron chi connectivity index (χ3n) is 1.68. The molecule has 5 heteroatoms. The van der Waals surface area contributed by atoms with Gasteiger partial charge in [-0.3, -0.25) is 0 Å². The van der Waals surface area contributed by atoms with Crippen LogP contribution in [0.4, 0.5) is 4.79 Å². The Labute approximate surface area is 91.2 Å². The topological polar surface area (TPSA) is 70.6 Å². The number of rotatable bonds is 5. The van der Waals surface area contributed by atoms with Crippen LogP contribution < -0.4 is 10.6 Å². The fourth-order valence-corrected chi connectivity index (χ4v) is 1.00. The van der Waals surface area contributed by atoms with Crippen LogP contribution in [0.5, 0.6) is 0 Å². The summed E-state index contributed by atoms with van der Waals surface area (Å²) < 4.78 is 5.07. The number of alkyl carbamates (subject to hydrolysis) is 1. The molecule has 1 atom stereocenters. The number of amides is 1. The second kappa shape index (κ2) is 6.63. The van der Waals surface area contributed by atoms with Gasteiger partial charge in [0.2, 0.25) is 0 Å². The van der Waals surface area contributed by atoms with Crippen molar-refractivity contribution in [2.24, 2.45) is 0 Å². The molecule has 1 amide bonds. The molecule has 0 aromatic rings. The Morgan fingerprint density at radius 2 is 2.07 bits per heavy atom. The van der Waals surface area contributed by atoms with E-state index in [9.17, 15) is 4.79 Å². The number of hydrogen-bond acceptors (Lipinski definition) is 4. The average molecular weight is 218 g/mol. The molecule has 0 aliphatic carbocycles. The molecule has 0 fully saturated rings. The first kappa shape index (κ1) is 14.2. The van der Waals surface area contributed by atoms with Crippen molar-refractivity contribution >= 4 is 6.09 Å². The summed E-state index contributed by atoms with van der Waals surface area (Å²) in [4.78, 5) is 11.3. The third-order valence-corrected chi connectivity index (χ3v) is 1.68. The second-order valence-corrected chi connectivity index (χ2v) is 4.42. The van der Waals surface area contributed by atoms with Gasteiger partial charge in [-0.25, -0.2) is 4.79 Å². The van der Waals surface area contributed by atoms with Crippen LogP contribution >= 0.6 is 0 Å². The van der Waals surface area contributed by atoms with Gasteiger partial charge < -0.3 is 20.5 Å². The van der Waals surface area contributed by atoms with Crippen LogP contribution in [0.15, 0.2) is 0 Å². The molecule has 0 bridgehead atoms. The van der Waals surface area contributed by atoms with Crippen molar-refractivity contribution in [2.45, 2.75) is 38.8 Å². The van der Waals surface area contributed by atoms with Gasteiger partial charge in [-0.15, -0.1) is 0 Å². The largest absolute Gasteiger partial charge is 0.444 e. The molecule has 3 N–H and O–H groups in total. The number of nitrogens with one attached hydrogen (secondary N) is 2. The van der Waals surface area contributed by atoms with E-state index in [0.29, 0.717) is 6.42 Å². The number of aliphatic hydroxyl groups excluding tert-OH is 1. The molecule has 0 heterocycles. The summed E-state index contributed by atoms with van der Waals surface area (Å²) in [5, 5.41) is 14.6. The average Bonchev–Trinajstić information content (AvgIpc) is 2.09. The maximum absolute atomic E-state index is 11.3. The molecule has 0 saturated heterocycles. The van der Waals surface area contributed by atoms with Crippen LogP contribution in [0, 0.1) is 0 Å². The molecular weight excluding hydrogens is 196 g/mol. The molecular formula is C10H22N2O3. The summed E-state index contributed by atoms with van der Waals surface area (Å²) in [6.45, 7) is 6.05. The maximum Gasteiger partial charge on any atom is 0.407 e. The predicted molar refractivity (Wildman–Crippen MR) is 58.8 cm³/mol. The molecule has 0 saturated carbocycles. The Kier molecular flexibility index (Phi) is 6.27. The fourth-order valence-electron chi connectivity index (χ4n) is 1.00. The number of carbonyl (C=O) groups is 1. The van der Waals surface area contributed by atoms with Crippen LogP contribution in [0.1, 0.15) is 27.2 Å². The Morgan fingerprint density at radius 3 is 2.47 bits per heavy atom. The van der Waals surface area contributed by atoms with Crippen molar-refractivity contribution < 1.29 is 14.6 Å². The number of aliphatic hydroxyl groups is 1. The van der Waals surface area contributed by atoms with Crippen molar-refractivity contribution in [3.63, 3.8) is 0 Å². The van der Waals surface area contributed by atoms with E-state index < -0.39 is 11.7 Å². The first-order valence-electron chi connectivity index (χ1n) is 5.14. The zero-order valence-corrected chi connectivity index (χ0v) is 9.96. The van der Waals surface area contributed by atoms with Crippen molar-refractivity contribution in [1.29, 1.82) is 0 Å². The van der Waals surface area contributed by atoms with E-state index in [1.807, 2.05) is 7.05 Å². The minimum Gasteiger partial charge on any atom is -0.444 e. The van der Waals surface area contributed by atoms with Gasteiger partial charge in [0, 0.05) is 0 Å². The van der Waals surface area contributed by atoms with Gasteiger partial charge in [0.15, 0.2) is 0 Å². The van der Waals surface area contributed by atoms with E-state index in [4.69, 9.17) is 9.84 Å². The van der Waals surface area contributed by atoms with Gasteiger partial charge in [0.1, 0.15) is 5.60 Å². The lowest BCUT2D eigenvalue weighted by molar-refractivity contribution is 0.0479. The van der Waals surface area contributed by atoms with Gasteiger partial charge in [-0.05, 0) is 40.8 Å². The van der Waals surface area contributed by atoms with Crippen LogP contribution in [0.25, 0.3) is 0 Å². The van der Waals surface area contributed by atoms with Gasteiger partial charge in [-0.1, -0.05) is 0 Å². The minimum absolute atomic E-state index is 0.0824. The molecule has 0 spiro atoms. The standard InChI is InChI=1S/C10H22N2O3/c1-10(2,3)15-9(14)12-8(7-13)5-6-11-4/h8,11,13H,5-7H2,1-4H3,(H,12,14). The molecule has 5 nitrogen and oxygen atoms in total. The van der Waals surface area contributed by atoms with Crippen molar-refractivity contribution in [1.82, 2.24) is 10.6 Å². The molecule has 0 rings (SSSR count). The minimum atomic E-state index is -0.507. The van der Waals surface area contributed by atoms with Gasteiger partial charge in [-0.2, -0.15) is 0 Å². The van der Waals surface area contributed by atoms with Gasteiger partial charge in [0.25, 0.3) is 0 Å². The van der Waals surface area contributed by atoms with E-state index in [0.717, 1.165) is 6.54 Å². The van der Waals surface area contributed by atoms with Gasteiger partial charge in [0.05, 0.1) is 12.6 Å². The SMILES string of the molecule is CNCCC(CO)NC(=O)OC(C)(C)C. The molecule has 90 valence electrons. The monoisotopic (exact) mass is 218 g/mol. The Bertz CT molecular complexity index is 190. The van der Waals surface area contributed by atoms with Gasteiger partial charge >= 0.3 is 6.09 Å². The summed E-state index contributed by atoms with van der Waals surface area (Å²) in [6, 6.07) is -0.257. The zero-order chi connectivity index (χ0) is 11.9. The van der Waals surface area contributed by atoms with Crippen LogP contribution in [0.3, 0.4) is 0 Å². The van der Waals surface area contributed by atoms with E-state index in [1.165, 1.54) is 0 Å². The normalized spacial score (nSPS) is 13.4. The second-order valence-electron chi connectivity index (χ2n) is 4.42. The zero-order valence-electron chi connectivity index (χ0n) is 9.96. The highest BCUT2D eigenvalue weighted by atomic mass is 16.6. The Balaban J connectivity index is 3.91. The number of ether oxygens (including phenoxy) is 1. The molecule has 0 aliphatic rings. The first-order chi connectivity index (χ1) is 6.89. The first-order valence-corrected chi connectivity index (χ1v) is 5.14. The van der Waals surface area contributed by atoms with Crippen molar-refractivity contribution in [3.05, 3.63) is 0 Å². The van der Waals surface area contributed by atoms with E-state index >= 15 is 0 Å². The lowest BCUT2D eigenvalue weighted by atomic mass is 10.2. The Morgan fingerprint density at radius 1 is 1.47 bits per heavy atom. The van der Waals surface area contributed by atoms with Crippen molar-refractivity contribution in [3.8, 4) is 0 Å². The van der Waals surface area contributed by atoms with E-state index in [-0.39, 0.29) is 12.6 Å². The molecule has 15 heavy (non-hydrogen) atoms. The highest BCUT2D eigenvalue weighted by molar-refractivity contribution is 5.68. The molecule has 1 unspecified atom stereocenters. The molecule has 0 aromatic carbocycles. The van der Waals surface area contributed by atoms with E-state index in [1.54, 1.807) is 20.8 Å². The summed E-state index contributed by atoms with van der Waals surface area (Å²) in [7, 11) is 1.82. The lowest BCUT2D eigenvalue weighted by Gasteiger charge is -2.22. The Hall–Kier alpha value is -0.810. The summed E-state index contributed by atoms with van der Waals surface area (Å²) in [5.41, 5.74) is -0.507. The van der Waals surface area contributed by atoms with Crippen LogP contribution in [0.2, 0.25) is 0 Å². The molecule has 0 radical (unpaired) electrons. The fraction of sp³-hybridized carbons (Fsp3) is 0.900.